The van der Waals surface area contributed by atoms with E-state index in [0.717, 1.165) is 23.7 Å². The lowest BCUT2D eigenvalue weighted by Gasteiger charge is -2.30. The van der Waals surface area contributed by atoms with Crippen LogP contribution in [0.4, 0.5) is 10.5 Å². The first kappa shape index (κ1) is 23.5. The first-order valence-electron chi connectivity index (χ1n) is 12.4. The van der Waals surface area contributed by atoms with Gasteiger partial charge in [0, 0.05) is 70.9 Å². The Hall–Kier alpha value is -3.19. The van der Waals surface area contributed by atoms with Gasteiger partial charge >= 0.3 is 6.03 Å². The van der Waals surface area contributed by atoms with Crippen molar-refractivity contribution in [3.63, 3.8) is 0 Å². The van der Waals surface area contributed by atoms with Gasteiger partial charge in [-0.25, -0.2) is 9.78 Å². The molecule has 7 heteroatoms. The Morgan fingerprint density at radius 2 is 1.94 bits per heavy atom. The van der Waals surface area contributed by atoms with E-state index in [1.54, 1.807) is 0 Å². The van der Waals surface area contributed by atoms with Crippen LogP contribution in [0.15, 0.2) is 65.8 Å². The van der Waals surface area contributed by atoms with E-state index in [-0.39, 0.29) is 12.1 Å². The second-order valence-electron chi connectivity index (χ2n) is 9.59. The minimum absolute atomic E-state index is 0.102. The second kappa shape index (κ2) is 10.2. The molecule has 1 aliphatic rings. The zero-order valence-electron chi connectivity index (χ0n) is 20.6. The fourth-order valence-electron chi connectivity index (χ4n) is 4.60. The number of aromatic nitrogens is 3. The Kier molecular flexibility index (Phi) is 6.86. The van der Waals surface area contributed by atoms with E-state index in [0.29, 0.717) is 6.04 Å². The average molecular weight is 488 g/mol. The number of hydrogen-bond acceptors (Lipinski definition) is 3. The van der Waals surface area contributed by atoms with Crippen LogP contribution in [0.3, 0.4) is 0 Å². The van der Waals surface area contributed by atoms with Crippen molar-refractivity contribution in [2.45, 2.75) is 56.5 Å². The van der Waals surface area contributed by atoms with Crippen molar-refractivity contribution in [3.8, 4) is 11.3 Å². The predicted molar refractivity (Wildman–Crippen MR) is 145 cm³/mol. The molecule has 0 atom stereocenters. The van der Waals surface area contributed by atoms with Gasteiger partial charge in [0.2, 0.25) is 0 Å². The Labute approximate surface area is 211 Å². The predicted octanol–water partition coefficient (Wildman–Crippen LogP) is 6.63. The zero-order valence-corrected chi connectivity index (χ0v) is 21.4. The maximum atomic E-state index is 12.0. The van der Waals surface area contributed by atoms with E-state index in [4.69, 9.17) is 0 Å². The lowest BCUT2D eigenvalue weighted by Crippen LogP contribution is -2.34. The highest BCUT2D eigenvalue weighted by atomic mass is 32.2. The molecule has 5 rings (SSSR count). The molecular weight excluding hydrogens is 454 g/mol. The molecule has 0 aliphatic heterocycles. The van der Waals surface area contributed by atoms with Crippen LogP contribution in [0.5, 0.6) is 0 Å². The van der Waals surface area contributed by atoms with Crippen LogP contribution in [0.1, 0.15) is 45.0 Å². The lowest BCUT2D eigenvalue weighted by atomic mass is 9.92. The van der Waals surface area contributed by atoms with Crippen LogP contribution in [0.25, 0.3) is 22.2 Å². The molecule has 0 radical (unpaired) electrons. The minimum atomic E-state index is -0.177. The standard InChI is InChI=1S/C28H33N5OS/c1-19(2)30-28(34)31-22-10-7-20(8-11-22)25-17-21-9-12-24(18-26(21)33(25)23-5-4-6-23)35-16-13-27-29-14-15-32(27)3/h7-12,14-15,17-19,23H,4-6,13,16H2,1-3H3,(H2,30,31,34). The molecule has 1 fully saturated rings. The van der Waals surface area contributed by atoms with E-state index in [9.17, 15) is 4.79 Å². The summed E-state index contributed by atoms with van der Waals surface area (Å²) in [5.41, 5.74) is 4.53. The molecule has 2 amide bonds. The topological polar surface area (TPSA) is 63.9 Å². The first-order valence-corrected chi connectivity index (χ1v) is 13.4. The molecule has 1 saturated carbocycles. The highest BCUT2D eigenvalue weighted by Crippen LogP contribution is 2.41. The number of fused-ring (bicyclic) bond motifs is 1. The molecule has 0 bridgehead atoms. The van der Waals surface area contributed by atoms with Gasteiger partial charge in [-0.15, -0.1) is 11.8 Å². The van der Waals surface area contributed by atoms with Crippen molar-refractivity contribution >= 4 is 34.4 Å². The van der Waals surface area contributed by atoms with Crippen LogP contribution in [-0.4, -0.2) is 31.9 Å². The molecule has 2 aromatic carbocycles. The molecule has 0 unspecified atom stereocenters. The zero-order chi connectivity index (χ0) is 24.4. The van der Waals surface area contributed by atoms with Gasteiger partial charge in [-0.2, -0.15) is 0 Å². The molecule has 0 saturated heterocycles. The molecule has 2 N–H and O–H groups in total. The van der Waals surface area contributed by atoms with E-state index in [2.05, 4.69) is 68.2 Å². The van der Waals surface area contributed by atoms with Crippen molar-refractivity contribution in [1.82, 2.24) is 19.4 Å². The van der Waals surface area contributed by atoms with Crippen LogP contribution < -0.4 is 10.6 Å². The van der Waals surface area contributed by atoms with E-state index in [1.165, 1.54) is 46.3 Å². The fraction of sp³-hybridized carbons (Fsp3) is 0.357. The van der Waals surface area contributed by atoms with Crippen molar-refractivity contribution in [2.75, 3.05) is 11.1 Å². The quantitative estimate of drug-likeness (QED) is 0.274. The Balaban J connectivity index is 1.38. The van der Waals surface area contributed by atoms with Gasteiger partial charge in [0.25, 0.3) is 0 Å². The Bertz CT molecular complexity index is 1320. The largest absolute Gasteiger partial charge is 0.338 e. The molecule has 2 aromatic heterocycles. The number of carbonyl (C=O) groups excluding carboxylic acids is 1. The monoisotopic (exact) mass is 487 g/mol. The van der Waals surface area contributed by atoms with Gasteiger partial charge in [-0.05, 0) is 69.0 Å². The average Bonchev–Trinajstić information content (AvgIpc) is 3.36. The summed E-state index contributed by atoms with van der Waals surface area (Å²) in [6, 6.07) is 17.8. The van der Waals surface area contributed by atoms with Gasteiger partial charge in [0.05, 0.1) is 0 Å². The summed E-state index contributed by atoms with van der Waals surface area (Å²) in [7, 11) is 2.05. The molecule has 35 heavy (non-hydrogen) atoms. The molecule has 6 nitrogen and oxygen atoms in total. The number of urea groups is 1. The van der Waals surface area contributed by atoms with Crippen molar-refractivity contribution in [3.05, 3.63) is 66.7 Å². The normalized spacial score (nSPS) is 13.8. The van der Waals surface area contributed by atoms with Crippen molar-refractivity contribution in [2.24, 2.45) is 7.05 Å². The van der Waals surface area contributed by atoms with Crippen molar-refractivity contribution < 1.29 is 4.79 Å². The number of nitrogens with one attached hydrogen (secondary N) is 2. The number of nitrogens with zero attached hydrogens (tertiary/aromatic N) is 3. The maximum Gasteiger partial charge on any atom is 0.319 e. The number of amides is 2. The number of hydrogen-bond donors (Lipinski definition) is 2. The number of thioether (sulfide) groups is 1. The first-order chi connectivity index (χ1) is 17.0. The third-order valence-electron chi connectivity index (χ3n) is 6.63. The maximum absolute atomic E-state index is 12.0. The van der Waals surface area contributed by atoms with E-state index < -0.39 is 0 Å². The van der Waals surface area contributed by atoms with Crippen LogP contribution in [0, 0.1) is 0 Å². The summed E-state index contributed by atoms with van der Waals surface area (Å²) in [6.45, 7) is 3.90. The fourth-order valence-corrected chi connectivity index (χ4v) is 5.48. The van der Waals surface area contributed by atoms with Crippen LogP contribution in [-0.2, 0) is 13.5 Å². The van der Waals surface area contributed by atoms with Crippen LogP contribution in [0.2, 0.25) is 0 Å². The van der Waals surface area contributed by atoms with Gasteiger partial charge in [-0.3, -0.25) is 0 Å². The van der Waals surface area contributed by atoms with Gasteiger partial charge in [0.15, 0.2) is 0 Å². The number of imidazole rings is 1. The number of anilines is 1. The second-order valence-corrected chi connectivity index (χ2v) is 10.8. The molecule has 182 valence electrons. The van der Waals surface area contributed by atoms with Crippen LogP contribution >= 0.6 is 11.8 Å². The van der Waals surface area contributed by atoms with Crippen molar-refractivity contribution in [1.29, 1.82) is 0 Å². The summed E-state index contributed by atoms with van der Waals surface area (Å²) < 4.78 is 4.63. The molecule has 1 aliphatic carbocycles. The molecule has 0 spiro atoms. The van der Waals surface area contributed by atoms with E-state index in [1.807, 2.05) is 50.1 Å². The highest BCUT2D eigenvalue weighted by molar-refractivity contribution is 7.99. The number of carbonyl (C=O) groups is 1. The highest BCUT2D eigenvalue weighted by Gasteiger charge is 2.24. The summed E-state index contributed by atoms with van der Waals surface area (Å²) >= 11 is 1.89. The van der Waals surface area contributed by atoms with Gasteiger partial charge in [0.1, 0.15) is 5.82 Å². The number of aryl methyl sites for hydroxylation is 2. The van der Waals surface area contributed by atoms with Gasteiger partial charge in [-0.1, -0.05) is 18.2 Å². The molecule has 2 heterocycles. The SMILES string of the molecule is CC(C)NC(=O)Nc1ccc(-c2cc3ccc(SCCc4nccn4C)cc3n2C2CCC2)cc1. The smallest absolute Gasteiger partial charge is 0.319 e. The summed E-state index contributed by atoms with van der Waals surface area (Å²) in [4.78, 5) is 17.8. The number of benzene rings is 2. The summed E-state index contributed by atoms with van der Waals surface area (Å²) in [5.74, 6) is 2.13. The summed E-state index contributed by atoms with van der Waals surface area (Å²) in [5, 5.41) is 7.05. The third-order valence-corrected chi connectivity index (χ3v) is 7.62. The third kappa shape index (κ3) is 5.25. The summed E-state index contributed by atoms with van der Waals surface area (Å²) in [6.07, 6.45) is 8.56. The lowest BCUT2D eigenvalue weighted by molar-refractivity contribution is 0.250. The molecule has 4 aromatic rings. The van der Waals surface area contributed by atoms with E-state index >= 15 is 0 Å². The molecular formula is C28H33N5OS. The van der Waals surface area contributed by atoms with Gasteiger partial charge < -0.3 is 19.8 Å². The Morgan fingerprint density at radius 3 is 2.60 bits per heavy atom. The minimum Gasteiger partial charge on any atom is -0.338 e. The Morgan fingerprint density at radius 1 is 1.14 bits per heavy atom. The number of rotatable bonds is 8.